The molecule has 0 saturated carbocycles. The molecule has 2 aromatic rings. The number of ether oxygens (including phenoxy) is 1. The number of H-pyrrole nitrogens is 1. The molecule has 0 saturated heterocycles. The van der Waals surface area contributed by atoms with Gasteiger partial charge in [-0.2, -0.15) is 5.10 Å². The monoisotopic (exact) mass is 233 g/mol. The smallest absolute Gasteiger partial charge is 0.375 e. The van der Waals surface area contributed by atoms with Crippen molar-refractivity contribution in [1.82, 2.24) is 15.2 Å². The van der Waals surface area contributed by atoms with E-state index in [1.165, 1.54) is 6.07 Å². The average Bonchev–Trinajstić information content (AvgIpc) is 2.78. The lowest BCUT2D eigenvalue weighted by Crippen LogP contribution is -2.06. The zero-order valence-corrected chi connectivity index (χ0v) is 9.17. The zero-order chi connectivity index (χ0) is 12.3. The molecule has 88 valence electrons. The van der Waals surface area contributed by atoms with Crippen LogP contribution in [0.1, 0.15) is 17.5 Å². The number of phenols is 1. The SMILES string of the molecule is CCOC(=O)c1nc(-c2cccc(O)c2)n[nH]1. The predicted molar refractivity (Wildman–Crippen MR) is 59.4 cm³/mol. The molecule has 0 aliphatic carbocycles. The molecule has 1 aromatic carbocycles. The van der Waals surface area contributed by atoms with Crippen molar-refractivity contribution < 1.29 is 14.6 Å². The summed E-state index contributed by atoms with van der Waals surface area (Å²) in [6, 6.07) is 6.46. The Labute approximate surface area is 97.3 Å². The lowest BCUT2D eigenvalue weighted by Gasteiger charge is -1.96. The van der Waals surface area contributed by atoms with Gasteiger partial charge in [0.2, 0.25) is 5.82 Å². The maximum absolute atomic E-state index is 11.4. The van der Waals surface area contributed by atoms with Crippen LogP contribution in [0.2, 0.25) is 0 Å². The minimum atomic E-state index is -0.550. The van der Waals surface area contributed by atoms with E-state index in [0.29, 0.717) is 11.4 Å². The first kappa shape index (κ1) is 11.1. The Bertz CT molecular complexity index is 536. The number of aromatic amines is 1. The quantitative estimate of drug-likeness (QED) is 0.781. The Hall–Kier alpha value is -2.37. The second-order valence-corrected chi connectivity index (χ2v) is 3.28. The number of aromatic hydroxyl groups is 1. The van der Waals surface area contributed by atoms with Crippen LogP contribution in [0.4, 0.5) is 0 Å². The van der Waals surface area contributed by atoms with Crippen LogP contribution in [-0.2, 0) is 4.74 Å². The molecular weight excluding hydrogens is 222 g/mol. The van der Waals surface area contributed by atoms with Crippen LogP contribution in [0.25, 0.3) is 11.4 Å². The van der Waals surface area contributed by atoms with Gasteiger partial charge in [-0.15, -0.1) is 0 Å². The lowest BCUT2D eigenvalue weighted by molar-refractivity contribution is 0.0512. The standard InChI is InChI=1S/C11H11N3O3/c1-2-17-11(16)10-12-9(13-14-10)7-4-3-5-8(15)6-7/h3-6,15H,2H2,1H3,(H,12,13,14). The van der Waals surface area contributed by atoms with Crippen molar-refractivity contribution in [1.29, 1.82) is 0 Å². The summed E-state index contributed by atoms with van der Waals surface area (Å²) in [6.45, 7) is 1.99. The summed E-state index contributed by atoms with van der Waals surface area (Å²) in [6.07, 6.45) is 0. The van der Waals surface area contributed by atoms with Crippen molar-refractivity contribution in [2.24, 2.45) is 0 Å². The number of aromatic nitrogens is 3. The maximum Gasteiger partial charge on any atom is 0.375 e. The number of carbonyl (C=O) groups is 1. The molecule has 0 spiro atoms. The van der Waals surface area contributed by atoms with Gasteiger partial charge in [-0.05, 0) is 19.1 Å². The molecular formula is C11H11N3O3. The van der Waals surface area contributed by atoms with E-state index in [-0.39, 0.29) is 18.2 Å². The van der Waals surface area contributed by atoms with E-state index in [4.69, 9.17) is 4.74 Å². The largest absolute Gasteiger partial charge is 0.508 e. The molecule has 2 N–H and O–H groups in total. The fourth-order valence-corrected chi connectivity index (χ4v) is 1.33. The first-order valence-electron chi connectivity index (χ1n) is 5.09. The third-order valence-electron chi connectivity index (χ3n) is 2.06. The van der Waals surface area contributed by atoms with Gasteiger partial charge in [0.1, 0.15) is 5.75 Å². The molecule has 0 fully saturated rings. The Kier molecular flexibility index (Phi) is 3.04. The van der Waals surface area contributed by atoms with Gasteiger partial charge < -0.3 is 9.84 Å². The molecule has 1 aromatic heterocycles. The molecule has 6 heteroatoms. The first-order valence-corrected chi connectivity index (χ1v) is 5.09. The second kappa shape index (κ2) is 4.65. The van der Waals surface area contributed by atoms with Gasteiger partial charge in [0, 0.05) is 5.56 Å². The van der Waals surface area contributed by atoms with E-state index >= 15 is 0 Å². The van der Waals surface area contributed by atoms with Gasteiger partial charge in [0.05, 0.1) is 6.61 Å². The summed E-state index contributed by atoms with van der Waals surface area (Å²) in [5.41, 5.74) is 0.622. The first-order chi connectivity index (χ1) is 8.20. The molecule has 0 bridgehead atoms. The summed E-state index contributed by atoms with van der Waals surface area (Å²) < 4.78 is 4.78. The number of carbonyl (C=O) groups excluding carboxylic acids is 1. The number of rotatable bonds is 3. The van der Waals surface area contributed by atoms with Crippen molar-refractivity contribution in [2.45, 2.75) is 6.92 Å². The van der Waals surface area contributed by atoms with E-state index in [0.717, 1.165) is 0 Å². The highest BCUT2D eigenvalue weighted by Crippen LogP contribution is 2.19. The molecule has 2 rings (SSSR count). The fraction of sp³-hybridized carbons (Fsp3) is 0.182. The van der Waals surface area contributed by atoms with Gasteiger partial charge in [0.15, 0.2) is 5.82 Å². The summed E-state index contributed by atoms with van der Waals surface area (Å²) in [5.74, 6) is -0.0504. The Morgan fingerprint density at radius 2 is 2.35 bits per heavy atom. The normalized spacial score (nSPS) is 10.2. The van der Waals surface area contributed by atoms with Crippen molar-refractivity contribution in [3.63, 3.8) is 0 Å². The summed E-state index contributed by atoms with van der Waals surface area (Å²) in [4.78, 5) is 15.3. The van der Waals surface area contributed by atoms with E-state index in [2.05, 4.69) is 15.2 Å². The fourth-order valence-electron chi connectivity index (χ4n) is 1.33. The number of hydrogen-bond donors (Lipinski definition) is 2. The molecule has 0 unspecified atom stereocenters. The Balaban J connectivity index is 2.27. The predicted octanol–water partition coefficient (Wildman–Crippen LogP) is 1.35. The van der Waals surface area contributed by atoms with Crippen molar-refractivity contribution >= 4 is 5.97 Å². The van der Waals surface area contributed by atoms with E-state index in [9.17, 15) is 9.90 Å². The molecule has 1 heterocycles. The van der Waals surface area contributed by atoms with Crippen LogP contribution < -0.4 is 0 Å². The van der Waals surface area contributed by atoms with Crippen molar-refractivity contribution in [3.8, 4) is 17.1 Å². The molecule has 0 aliphatic heterocycles. The molecule has 0 radical (unpaired) electrons. The number of benzene rings is 1. The summed E-state index contributed by atoms with van der Waals surface area (Å²) in [5, 5.41) is 15.7. The molecule has 6 nitrogen and oxygen atoms in total. The molecule has 17 heavy (non-hydrogen) atoms. The zero-order valence-electron chi connectivity index (χ0n) is 9.17. The highest BCUT2D eigenvalue weighted by atomic mass is 16.5. The number of esters is 1. The third-order valence-corrected chi connectivity index (χ3v) is 2.06. The summed E-state index contributed by atoms with van der Waals surface area (Å²) in [7, 11) is 0. The molecule has 0 aliphatic rings. The van der Waals surface area contributed by atoms with E-state index in [1.54, 1.807) is 25.1 Å². The van der Waals surface area contributed by atoms with Crippen molar-refractivity contribution in [2.75, 3.05) is 6.61 Å². The average molecular weight is 233 g/mol. The van der Waals surface area contributed by atoms with Gasteiger partial charge >= 0.3 is 5.97 Å². The highest BCUT2D eigenvalue weighted by molar-refractivity contribution is 5.85. The number of phenolic OH excluding ortho intramolecular Hbond substituents is 1. The van der Waals surface area contributed by atoms with Gasteiger partial charge in [-0.3, -0.25) is 5.10 Å². The number of nitrogens with zero attached hydrogens (tertiary/aromatic N) is 2. The third kappa shape index (κ3) is 2.41. The minimum absolute atomic E-state index is 0.0465. The van der Waals surface area contributed by atoms with Crippen molar-refractivity contribution in [3.05, 3.63) is 30.1 Å². The van der Waals surface area contributed by atoms with Gasteiger partial charge in [-0.25, -0.2) is 9.78 Å². The van der Waals surface area contributed by atoms with E-state index < -0.39 is 5.97 Å². The van der Waals surface area contributed by atoms with Crippen LogP contribution in [0.3, 0.4) is 0 Å². The van der Waals surface area contributed by atoms with Crippen LogP contribution in [0, 0.1) is 0 Å². The maximum atomic E-state index is 11.4. The number of hydrogen-bond acceptors (Lipinski definition) is 5. The lowest BCUT2D eigenvalue weighted by atomic mass is 10.2. The van der Waals surface area contributed by atoms with Gasteiger partial charge in [0.25, 0.3) is 0 Å². The topological polar surface area (TPSA) is 88.1 Å². The van der Waals surface area contributed by atoms with Crippen LogP contribution in [0.15, 0.2) is 24.3 Å². The van der Waals surface area contributed by atoms with Crippen LogP contribution >= 0.6 is 0 Å². The molecule has 0 atom stereocenters. The second-order valence-electron chi connectivity index (χ2n) is 3.28. The van der Waals surface area contributed by atoms with E-state index in [1.807, 2.05) is 0 Å². The highest BCUT2D eigenvalue weighted by Gasteiger charge is 2.13. The molecule has 0 amide bonds. The number of nitrogens with one attached hydrogen (secondary N) is 1. The minimum Gasteiger partial charge on any atom is -0.508 e. The van der Waals surface area contributed by atoms with Crippen LogP contribution in [-0.4, -0.2) is 32.9 Å². The van der Waals surface area contributed by atoms with Gasteiger partial charge in [-0.1, -0.05) is 12.1 Å². The van der Waals surface area contributed by atoms with Crippen LogP contribution in [0.5, 0.6) is 5.75 Å². The Morgan fingerprint density at radius 1 is 1.53 bits per heavy atom. The Morgan fingerprint density at radius 3 is 3.06 bits per heavy atom. The summed E-state index contributed by atoms with van der Waals surface area (Å²) >= 11 is 0.